The van der Waals surface area contributed by atoms with E-state index in [4.69, 9.17) is 0 Å². The molecule has 15 heavy (non-hydrogen) atoms. The average Bonchev–Trinajstić information content (AvgIpc) is 2.17. The van der Waals surface area contributed by atoms with E-state index in [0.717, 1.165) is 24.4 Å². The Balaban J connectivity index is 2.65. The second-order valence-electron chi connectivity index (χ2n) is 4.26. The highest BCUT2D eigenvalue weighted by atomic mass is 14.9. The van der Waals surface area contributed by atoms with Gasteiger partial charge >= 0.3 is 0 Å². The van der Waals surface area contributed by atoms with E-state index in [1.807, 2.05) is 6.92 Å². The molecule has 0 spiro atoms. The third kappa shape index (κ3) is 3.96. The van der Waals surface area contributed by atoms with Gasteiger partial charge in [0.25, 0.3) is 0 Å². The quantitative estimate of drug-likeness (QED) is 0.802. The highest BCUT2D eigenvalue weighted by Crippen LogP contribution is 2.08. The minimum Gasteiger partial charge on any atom is -0.314 e. The zero-order valence-corrected chi connectivity index (χ0v) is 10.1. The molecule has 1 N–H and O–H groups in total. The van der Waals surface area contributed by atoms with Gasteiger partial charge in [0.05, 0.1) is 0 Å². The summed E-state index contributed by atoms with van der Waals surface area (Å²) in [5.41, 5.74) is 2.17. The van der Waals surface area contributed by atoms with Crippen molar-refractivity contribution in [1.82, 2.24) is 15.3 Å². The molecule has 1 unspecified atom stereocenters. The van der Waals surface area contributed by atoms with E-state index in [-0.39, 0.29) is 0 Å². The summed E-state index contributed by atoms with van der Waals surface area (Å²) in [5, 5.41) is 3.49. The molecule has 1 aromatic rings. The predicted molar refractivity (Wildman–Crippen MR) is 62.8 cm³/mol. The lowest BCUT2D eigenvalue weighted by atomic mass is 9.99. The summed E-state index contributed by atoms with van der Waals surface area (Å²) in [7, 11) is 0. The summed E-state index contributed by atoms with van der Waals surface area (Å²) in [5.74, 6) is 0.625. The Hall–Kier alpha value is -0.960. The molecule has 0 fully saturated rings. The molecular formula is C12H21N3. The topological polar surface area (TPSA) is 37.8 Å². The fourth-order valence-electron chi connectivity index (χ4n) is 1.65. The SMILES string of the molecule is CCNC(Cc1cc(C)ncn1)C(C)C. The number of nitrogens with zero attached hydrogens (tertiary/aromatic N) is 2. The van der Waals surface area contributed by atoms with Crippen LogP contribution in [0.4, 0.5) is 0 Å². The fourth-order valence-corrected chi connectivity index (χ4v) is 1.65. The van der Waals surface area contributed by atoms with Gasteiger partial charge in [-0.25, -0.2) is 9.97 Å². The first-order valence-electron chi connectivity index (χ1n) is 5.64. The molecule has 0 amide bonds. The van der Waals surface area contributed by atoms with Gasteiger partial charge in [0.2, 0.25) is 0 Å². The summed E-state index contributed by atoms with van der Waals surface area (Å²) in [6.07, 6.45) is 2.63. The van der Waals surface area contributed by atoms with E-state index >= 15 is 0 Å². The van der Waals surface area contributed by atoms with E-state index in [1.165, 1.54) is 0 Å². The largest absolute Gasteiger partial charge is 0.314 e. The van der Waals surface area contributed by atoms with Crippen LogP contribution in [-0.2, 0) is 6.42 Å². The van der Waals surface area contributed by atoms with Crippen LogP contribution in [-0.4, -0.2) is 22.6 Å². The molecule has 84 valence electrons. The Morgan fingerprint density at radius 3 is 2.60 bits per heavy atom. The minimum atomic E-state index is 0.504. The van der Waals surface area contributed by atoms with Crippen LogP contribution in [0.3, 0.4) is 0 Å². The molecular weight excluding hydrogens is 186 g/mol. The third-order valence-corrected chi connectivity index (χ3v) is 2.56. The van der Waals surface area contributed by atoms with Gasteiger partial charge in [-0.05, 0) is 25.5 Å². The molecule has 3 heteroatoms. The lowest BCUT2D eigenvalue weighted by Gasteiger charge is -2.21. The van der Waals surface area contributed by atoms with Crippen molar-refractivity contribution in [2.45, 2.75) is 40.2 Å². The number of likely N-dealkylation sites (N-methyl/N-ethyl adjacent to an activating group) is 1. The van der Waals surface area contributed by atoms with Crippen molar-refractivity contribution in [2.24, 2.45) is 5.92 Å². The van der Waals surface area contributed by atoms with E-state index in [0.29, 0.717) is 12.0 Å². The molecule has 1 aromatic heterocycles. The second kappa shape index (κ2) is 5.81. The zero-order chi connectivity index (χ0) is 11.3. The van der Waals surface area contributed by atoms with Crippen LogP contribution in [0, 0.1) is 12.8 Å². The second-order valence-corrected chi connectivity index (χ2v) is 4.26. The third-order valence-electron chi connectivity index (χ3n) is 2.56. The van der Waals surface area contributed by atoms with Crippen molar-refractivity contribution in [3.05, 3.63) is 23.8 Å². The van der Waals surface area contributed by atoms with Crippen molar-refractivity contribution >= 4 is 0 Å². The number of aryl methyl sites for hydroxylation is 1. The molecule has 0 aromatic carbocycles. The summed E-state index contributed by atoms with van der Waals surface area (Å²) in [6.45, 7) is 9.62. The molecule has 1 atom stereocenters. The van der Waals surface area contributed by atoms with E-state index in [2.05, 4.69) is 42.1 Å². The number of hydrogen-bond donors (Lipinski definition) is 1. The van der Waals surface area contributed by atoms with E-state index < -0.39 is 0 Å². The molecule has 1 heterocycles. The highest BCUT2D eigenvalue weighted by Gasteiger charge is 2.13. The van der Waals surface area contributed by atoms with Crippen LogP contribution in [0.1, 0.15) is 32.2 Å². The van der Waals surface area contributed by atoms with Crippen LogP contribution in [0.15, 0.2) is 12.4 Å². The van der Waals surface area contributed by atoms with Crippen LogP contribution in [0.25, 0.3) is 0 Å². The van der Waals surface area contributed by atoms with Gasteiger partial charge in [0.1, 0.15) is 6.33 Å². The fraction of sp³-hybridized carbons (Fsp3) is 0.667. The molecule has 3 nitrogen and oxygen atoms in total. The van der Waals surface area contributed by atoms with Crippen molar-refractivity contribution in [2.75, 3.05) is 6.54 Å². The maximum Gasteiger partial charge on any atom is 0.115 e. The van der Waals surface area contributed by atoms with Gasteiger partial charge in [-0.2, -0.15) is 0 Å². The molecule has 0 aliphatic rings. The van der Waals surface area contributed by atoms with Gasteiger partial charge in [-0.1, -0.05) is 20.8 Å². The predicted octanol–water partition coefficient (Wildman–Crippen LogP) is 1.96. The molecule has 0 saturated heterocycles. The maximum atomic E-state index is 4.29. The smallest absolute Gasteiger partial charge is 0.115 e. The summed E-state index contributed by atoms with van der Waals surface area (Å²) < 4.78 is 0. The van der Waals surface area contributed by atoms with Gasteiger partial charge < -0.3 is 5.32 Å². The highest BCUT2D eigenvalue weighted by molar-refractivity contribution is 5.08. The Bertz CT molecular complexity index is 297. The lowest BCUT2D eigenvalue weighted by Crippen LogP contribution is -2.35. The van der Waals surface area contributed by atoms with Crippen molar-refractivity contribution in [3.63, 3.8) is 0 Å². The van der Waals surface area contributed by atoms with Crippen LogP contribution in [0.2, 0.25) is 0 Å². The zero-order valence-electron chi connectivity index (χ0n) is 10.1. The lowest BCUT2D eigenvalue weighted by molar-refractivity contribution is 0.402. The Labute approximate surface area is 92.3 Å². The maximum absolute atomic E-state index is 4.29. The molecule has 0 radical (unpaired) electrons. The minimum absolute atomic E-state index is 0.504. The molecule has 0 bridgehead atoms. The normalized spacial score (nSPS) is 13.1. The van der Waals surface area contributed by atoms with E-state index in [9.17, 15) is 0 Å². The van der Waals surface area contributed by atoms with Gasteiger partial charge in [-0.15, -0.1) is 0 Å². The summed E-state index contributed by atoms with van der Waals surface area (Å²) >= 11 is 0. The number of rotatable bonds is 5. The van der Waals surface area contributed by atoms with Crippen molar-refractivity contribution < 1.29 is 0 Å². The van der Waals surface area contributed by atoms with Crippen LogP contribution in [0.5, 0.6) is 0 Å². The molecule has 0 aliphatic carbocycles. The number of hydrogen-bond acceptors (Lipinski definition) is 3. The van der Waals surface area contributed by atoms with Gasteiger partial charge in [0, 0.05) is 23.9 Å². The Kier molecular flexibility index (Phi) is 4.69. The molecule has 1 rings (SSSR count). The Morgan fingerprint density at radius 1 is 1.33 bits per heavy atom. The molecule has 0 aliphatic heterocycles. The summed E-state index contributed by atoms with van der Waals surface area (Å²) in [6, 6.07) is 2.57. The first-order valence-corrected chi connectivity index (χ1v) is 5.64. The summed E-state index contributed by atoms with van der Waals surface area (Å²) in [4.78, 5) is 8.40. The first kappa shape index (κ1) is 12.1. The monoisotopic (exact) mass is 207 g/mol. The van der Waals surface area contributed by atoms with Crippen LogP contribution >= 0.6 is 0 Å². The van der Waals surface area contributed by atoms with Crippen molar-refractivity contribution in [1.29, 1.82) is 0 Å². The average molecular weight is 207 g/mol. The standard InChI is InChI=1S/C12H21N3/c1-5-13-12(9(2)3)7-11-6-10(4)14-8-15-11/h6,8-9,12-13H,5,7H2,1-4H3. The van der Waals surface area contributed by atoms with Crippen molar-refractivity contribution in [3.8, 4) is 0 Å². The Morgan fingerprint density at radius 2 is 2.07 bits per heavy atom. The molecule has 0 saturated carbocycles. The van der Waals surface area contributed by atoms with Crippen LogP contribution < -0.4 is 5.32 Å². The van der Waals surface area contributed by atoms with Gasteiger partial charge in [0.15, 0.2) is 0 Å². The van der Waals surface area contributed by atoms with E-state index in [1.54, 1.807) is 6.33 Å². The van der Waals surface area contributed by atoms with Gasteiger partial charge in [-0.3, -0.25) is 0 Å². The first-order chi connectivity index (χ1) is 7.13. The number of nitrogens with one attached hydrogen (secondary N) is 1. The number of aromatic nitrogens is 2.